The highest BCUT2D eigenvalue weighted by Gasteiger charge is 2.26. The fourth-order valence-electron chi connectivity index (χ4n) is 2.05. The lowest BCUT2D eigenvalue weighted by atomic mass is 10.2. The molecule has 0 fully saturated rings. The van der Waals surface area contributed by atoms with Gasteiger partial charge in [0.1, 0.15) is 12.4 Å². The van der Waals surface area contributed by atoms with Gasteiger partial charge in [-0.1, -0.05) is 12.1 Å². The van der Waals surface area contributed by atoms with Crippen LogP contribution in [0.25, 0.3) is 0 Å². The molecule has 2 aromatic carbocycles. The van der Waals surface area contributed by atoms with Crippen LogP contribution in [0.15, 0.2) is 50.4 Å². The quantitative estimate of drug-likeness (QED) is 0.550. The number of fused-ring (bicyclic) bond motifs is 1. The minimum atomic E-state index is -0.768. The van der Waals surface area contributed by atoms with Crippen LogP contribution in [0.3, 0.4) is 0 Å². The van der Waals surface area contributed by atoms with Crippen molar-refractivity contribution in [2.24, 2.45) is 5.10 Å². The van der Waals surface area contributed by atoms with Crippen LogP contribution in [0.1, 0.15) is 5.56 Å². The van der Waals surface area contributed by atoms with Gasteiger partial charge in [0, 0.05) is 0 Å². The van der Waals surface area contributed by atoms with Crippen molar-refractivity contribution < 1.29 is 19.4 Å². The molecule has 0 aliphatic carbocycles. The summed E-state index contributed by atoms with van der Waals surface area (Å²) >= 11 is 6.46. The van der Waals surface area contributed by atoms with Crippen molar-refractivity contribution >= 4 is 44.0 Å². The Morgan fingerprint density at radius 1 is 1.25 bits per heavy atom. The van der Waals surface area contributed by atoms with Crippen molar-refractivity contribution in [2.75, 3.05) is 6.61 Å². The standard InChI is InChI=1S/C16H12Br2N2O4/c17-10-5-9(6-11(18)15(10)21)7-19-20-16(22)14-8-23-12-3-1-2-4-13(12)24-14/h1-7,14,21H,8H2,(H,20,22)/b19-7+/t14-/m0/s1. The number of nitrogens with zero attached hydrogens (tertiary/aromatic N) is 1. The van der Waals surface area contributed by atoms with E-state index in [2.05, 4.69) is 42.4 Å². The van der Waals surface area contributed by atoms with Gasteiger partial charge in [-0.2, -0.15) is 5.10 Å². The fourth-order valence-corrected chi connectivity index (χ4v) is 3.27. The second-order valence-corrected chi connectivity index (χ2v) is 6.64. The highest BCUT2D eigenvalue weighted by molar-refractivity contribution is 9.11. The Labute approximate surface area is 154 Å². The van der Waals surface area contributed by atoms with Gasteiger partial charge in [-0.3, -0.25) is 4.79 Å². The molecule has 2 N–H and O–H groups in total. The van der Waals surface area contributed by atoms with Crippen molar-refractivity contribution in [2.45, 2.75) is 6.10 Å². The first-order chi connectivity index (χ1) is 11.5. The molecule has 3 rings (SSSR count). The van der Waals surface area contributed by atoms with E-state index in [1.54, 1.807) is 30.3 Å². The second kappa shape index (κ2) is 7.23. The van der Waals surface area contributed by atoms with Crippen LogP contribution >= 0.6 is 31.9 Å². The molecule has 0 spiro atoms. The van der Waals surface area contributed by atoms with E-state index in [1.165, 1.54) is 6.21 Å². The van der Waals surface area contributed by atoms with Crippen molar-refractivity contribution in [3.63, 3.8) is 0 Å². The average Bonchev–Trinajstić information content (AvgIpc) is 2.59. The summed E-state index contributed by atoms with van der Waals surface area (Å²) in [6.07, 6.45) is 0.695. The first-order valence-corrected chi connectivity index (χ1v) is 8.52. The van der Waals surface area contributed by atoms with Crippen LogP contribution in [-0.2, 0) is 4.79 Å². The maximum absolute atomic E-state index is 12.1. The number of aromatic hydroxyl groups is 1. The molecule has 0 saturated carbocycles. The SMILES string of the molecule is O=C(N/N=C/c1cc(Br)c(O)c(Br)c1)[C@@H]1COc2ccccc2O1. The minimum Gasteiger partial charge on any atom is -0.506 e. The Hall–Kier alpha value is -2.06. The first-order valence-electron chi connectivity index (χ1n) is 6.94. The monoisotopic (exact) mass is 454 g/mol. The van der Waals surface area contributed by atoms with Gasteiger partial charge in [-0.15, -0.1) is 0 Å². The molecule has 8 heteroatoms. The second-order valence-electron chi connectivity index (χ2n) is 4.93. The van der Waals surface area contributed by atoms with Gasteiger partial charge in [-0.05, 0) is 61.7 Å². The number of phenols is 1. The van der Waals surface area contributed by atoms with E-state index < -0.39 is 12.0 Å². The lowest BCUT2D eigenvalue weighted by Crippen LogP contribution is -2.42. The molecule has 1 aliphatic heterocycles. The number of carbonyl (C=O) groups excluding carboxylic acids is 1. The zero-order chi connectivity index (χ0) is 17.1. The lowest BCUT2D eigenvalue weighted by molar-refractivity contribution is -0.130. The fraction of sp³-hybridized carbons (Fsp3) is 0.125. The van der Waals surface area contributed by atoms with E-state index in [-0.39, 0.29) is 12.4 Å². The predicted molar refractivity (Wildman–Crippen MR) is 95.6 cm³/mol. The highest BCUT2D eigenvalue weighted by atomic mass is 79.9. The van der Waals surface area contributed by atoms with Gasteiger partial charge < -0.3 is 14.6 Å². The zero-order valence-electron chi connectivity index (χ0n) is 12.2. The summed E-state index contributed by atoms with van der Waals surface area (Å²) in [6, 6.07) is 10.5. The summed E-state index contributed by atoms with van der Waals surface area (Å²) in [7, 11) is 0. The molecule has 1 amide bonds. The molecule has 6 nitrogen and oxygen atoms in total. The van der Waals surface area contributed by atoms with Crippen LogP contribution < -0.4 is 14.9 Å². The number of ether oxygens (including phenoxy) is 2. The molecule has 1 aliphatic rings. The normalized spacial score (nSPS) is 16.2. The Morgan fingerprint density at radius 3 is 2.62 bits per heavy atom. The van der Waals surface area contributed by atoms with E-state index in [1.807, 2.05) is 6.07 Å². The molecule has 1 atom stereocenters. The summed E-state index contributed by atoms with van der Waals surface area (Å²) < 4.78 is 12.1. The van der Waals surface area contributed by atoms with Crippen molar-refractivity contribution in [1.82, 2.24) is 5.43 Å². The Bertz CT molecular complexity index is 787. The Balaban J connectivity index is 1.62. The third kappa shape index (κ3) is 3.70. The molecule has 0 bridgehead atoms. The van der Waals surface area contributed by atoms with Crippen molar-refractivity contribution in [3.8, 4) is 17.2 Å². The van der Waals surface area contributed by atoms with Crippen LogP contribution in [0.5, 0.6) is 17.2 Å². The summed E-state index contributed by atoms with van der Waals surface area (Å²) in [4.78, 5) is 12.1. The van der Waals surface area contributed by atoms with E-state index >= 15 is 0 Å². The number of nitrogens with one attached hydrogen (secondary N) is 1. The smallest absolute Gasteiger partial charge is 0.284 e. The number of amides is 1. The number of hydrazone groups is 1. The van der Waals surface area contributed by atoms with E-state index in [0.717, 1.165) is 0 Å². The van der Waals surface area contributed by atoms with Gasteiger partial charge in [0.2, 0.25) is 6.10 Å². The minimum absolute atomic E-state index is 0.0996. The third-order valence-corrected chi connectivity index (χ3v) is 4.44. The number of benzene rings is 2. The summed E-state index contributed by atoms with van der Waals surface area (Å²) in [5.41, 5.74) is 3.11. The van der Waals surface area contributed by atoms with Crippen LogP contribution in [-0.4, -0.2) is 29.9 Å². The maximum Gasteiger partial charge on any atom is 0.284 e. The van der Waals surface area contributed by atoms with Gasteiger partial charge in [0.25, 0.3) is 5.91 Å². The van der Waals surface area contributed by atoms with Gasteiger partial charge in [-0.25, -0.2) is 5.43 Å². The van der Waals surface area contributed by atoms with Crippen LogP contribution in [0.4, 0.5) is 0 Å². The van der Waals surface area contributed by atoms with Crippen molar-refractivity contribution in [3.05, 3.63) is 50.9 Å². The zero-order valence-corrected chi connectivity index (χ0v) is 15.4. The molecule has 24 heavy (non-hydrogen) atoms. The Morgan fingerprint density at radius 2 is 1.92 bits per heavy atom. The van der Waals surface area contributed by atoms with Crippen molar-refractivity contribution in [1.29, 1.82) is 0 Å². The Kier molecular flexibility index (Phi) is 5.06. The topological polar surface area (TPSA) is 80.2 Å². The first kappa shape index (κ1) is 16.8. The summed E-state index contributed by atoms with van der Waals surface area (Å²) in [6.45, 7) is 0.120. The molecule has 1 heterocycles. The molecule has 0 unspecified atom stereocenters. The van der Waals surface area contributed by atoms with Gasteiger partial charge in [0.15, 0.2) is 11.5 Å². The number of hydrogen-bond acceptors (Lipinski definition) is 5. The number of para-hydroxylation sites is 2. The number of hydrogen-bond donors (Lipinski definition) is 2. The number of carbonyl (C=O) groups is 1. The average molecular weight is 456 g/mol. The molecule has 0 radical (unpaired) electrons. The molecular weight excluding hydrogens is 444 g/mol. The van der Waals surface area contributed by atoms with Crippen LogP contribution in [0.2, 0.25) is 0 Å². The van der Waals surface area contributed by atoms with E-state index in [9.17, 15) is 9.90 Å². The lowest BCUT2D eigenvalue weighted by Gasteiger charge is -2.24. The molecule has 124 valence electrons. The maximum atomic E-state index is 12.1. The predicted octanol–water partition coefficient (Wildman–Crippen LogP) is 3.21. The molecule has 2 aromatic rings. The third-order valence-electron chi connectivity index (χ3n) is 3.23. The van der Waals surface area contributed by atoms with E-state index in [4.69, 9.17) is 9.47 Å². The summed E-state index contributed by atoms with van der Waals surface area (Å²) in [5.74, 6) is 0.836. The largest absolute Gasteiger partial charge is 0.506 e. The van der Waals surface area contributed by atoms with E-state index in [0.29, 0.717) is 26.0 Å². The van der Waals surface area contributed by atoms with Crippen LogP contribution in [0, 0.1) is 0 Å². The number of halogens is 2. The number of phenolic OH excluding ortho intramolecular Hbond substituents is 1. The van der Waals surface area contributed by atoms with Gasteiger partial charge >= 0.3 is 0 Å². The molecular formula is C16H12Br2N2O4. The highest BCUT2D eigenvalue weighted by Crippen LogP contribution is 2.33. The number of rotatable bonds is 3. The summed E-state index contributed by atoms with van der Waals surface area (Å²) in [5, 5.41) is 13.6. The molecule has 0 saturated heterocycles. The van der Waals surface area contributed by atoms with Gasteiger partial charge in [0.05, 0.1) is 15.2 Å². The molecule has 0 aromatic heterocycles.